The molecule has 1 aliphatic rings. The topological polar surface area (TPSA) is 34.0 Å². The molecule has 0 atom stereocenters. The summed E-state index contributed by atoms with van der Waals surface area (Å²) in [5, 5.41) is 3.37. The van der Waals surface area contributed by atoms with Crippen LogP contribution in [0, 0.1) is 6.92 Å². The van der Waals surface area contributed by atoms with Crippen LogP contribution in [0.2, 0.25) is 0 Å². The second-order valence-corrected chi connectivity index (χ2v) is 5.81. The predicted octanol–water partition coefficient (Wildman–Crippen LogP) is 3.15. The van der Waals surface area contributed by atoms with Crippen LogP contribution in [0.5, 0.6) is 0 Å². The lowest BCUT2D eigenvalue weighted by molar-refractivity contribution is 0.0980. The van der Waals surface area contributed by atoms with Crippen LogP contribution < -0.4 is 5.32 Å². The van der Waals surface area contributed by atoms with Gasteiger partial charge in [-0.1, -0.05) is 24.3 Å². The molecule has 2 heterocycles. The van der Waals surface area contributed by atoms with E-state index in [-0.39, 0.29) is 5.78 Å². The Labute approximate surface area is 126 Å². The van der Waals surface area contributed by atoms with Crippen molar-refractivity contribution in [3.63, 3.8) is 0 Å². The first-order valence-corrected chi connectivity index (χ1v) is 7.71. The van der Waals surface area contributed by atoms with E-state index in [2.05, 4.69) is 29.1 Å². The van der Waals surface area contributed by atoms with Gasteiger partial charge in [0.05, 0.1) is 5.69 Å². The first kappa shape index (κ1) is 14.1. The Hall–Kier alpha value is -1.87. The van der Waals surface area contributed by atoms with E-state index in [0.717, 1.165) is 37.2 Å². The van der Waals surface area contributed by atoms with E-state index >= 15 is 0 Å². The Morgan fingerprint density at radius 2 is 1.95 bits per heavy atom. The van der Waals surface area contributed by atoms with Crippen molar-refractivity contribution in [3.8, 4) is 0 Å². The standard InChI is InChI=1S/C18H22N2O/c1-14-5-2-3-6-15(14)13-18(21)17-7-4-12-20(17)16-8-10-19-11-9-16/h2-7,12,16,19H,8-11,13H2,1H3. The number of carbonyl (C=O) groups excluding carboxylic acids is 1. The molecule has 1 aromatic heterocycles. The fourth-order valence-electron chi connectivity index (χ4n) is 3.11. The van der Waals surface area contributed by atoms with Crippen LogP contribution >= 0.6 is 0 Å². The molecule has 0 aliphatic carbocycles. The van der Waals surface area contributed by atoms with Crippen LogP contribution in [-0.4, -0.2) is 23.4 Å². The quantitative estimate of drug-likeness (QED) is 0.874. The summed E-state index contributed by atoms with van der Waals surface area (Å²) in [6.45, 7) is 4.14. The van der Waals surface area contributed by atoms with E-state index in [1.165, 1.54) is 5.56 Å². The molecular weight excluding hydrogens is 260 g/mol. The molecule has 3 heteroatoms. The van der Waals surface area contributed by atoms with Crippen LogP contribution in [0.25, 0.3) is 0 Å². The van der Waals surface area contributed by atoms with E-state index in [4.69, 9.17) is 0 Å². The number of ketones is 1. The van der Waals surface area contributed by atoms with E-state index in [9.17, 15) is 4.79 Å². The van der Waals surface area contributed by atoms with Crippen LogP contribution in [0.1, 0.15) is 40.5 Å². The Morgan fingerprint density at radius 1 is 1.19 bits per heavy atom. The molecule has 0 amide bonds. The largest absolute Gasteiger partial charge is 0.342 e. The number of carbonyl (C=O) groups is 1. The molecule has 1 aromatic carbocycles. The maximum absolute atomic E-state index is 12.7. The second-order valence-electron chi connectivity index (χ2n) is 5.81. The van der Waals surface area contributed by atoms with Crippen LogP contribution in [0.4, 0.5) is 0 Å². The lowest BCUT2D eigenvalue weighted by Gasteiger charge is -2.26. The van der Waals surface area contributed by atoms with Gasteiger partial charge in [0.15, 0.2) is 5.78 Å². The summed E-state index contributed by atoms with van der Waals surface area (Å²) in [4.78, 5) is 12.7. The van der Waals surface area contributed by atoms with Crippen LogP contribution in [0.15, 0.2) is 42.6 Å². The molecular formula is C18H22N2O. The number of benzene rings is 1. The molecule has 2 aromatic rings. The third kappa shape index (κ3) is 3.08. The number of nitrogens with zero attached hydrogens (tertiary/aromatic N) is 1. The minimum Gasteiger partial charge on any atom is -0.342 e. The van der Waals surface area contributed by atoms with Gasteiger partial charge in [-0.3, -0.25) is 4.79 Å². The smallest absolute Gasteiger partial charge is 0.183 e. The minimum atomic E-state index is 0.216. The third-order valence-electron chi connectivity index (χ3n) is 4.38. The number of Topliss-reactive ketones (excluding diaryl/α,β-unsaturated/α-hetero) is 1. The number of hydrogen-bond donors (Lipinski definition) is 1. The molecule has 21 heavy (non-hydrogen) atoms. The lowest BCUT2D eigenvalue weighted by Crippen LogP contribution is -2.30. The number of piperidine rings is 1. The van der Waals surface area contributed by atoms with Gasteiger partial charge in [-0.25, -0.2) is 0 Å². The van der Waals surface area contributed by atoms with Crippen molar-refractivity contribution in [2.45, 2.75) is 32.2 Å². The van der Waals surface area contributed by atoms with Gasteiger partial charge in [0.1, 0.15) is 0 Å². The highest BCUT2D eigenvalue weighted by molar-refractivity contribution is 5.96. The zero-order valence-electron chi connectivity index (χ0n) is 12.5. The van der Waals surface area contributed by atoms with Crippen LogP contribution in [-0.2, 0) is 6.42 Å². The van der Waals surface area contributed by atoms with Gasteiger partial charge < -0.3 is 9.88 Å². The van der Waals surface area contributed by atoms with Gasteiger partial charge in [0.25, 0.3) is 0 Å². The Balaban J connectivity index is 1.79. The van der Waals surface area contributed by atoms with Gasteiger partial charge in [0.2, 0.25) is 0 Å². The maximum Gasteiger partial charge on any atom is 0.183 e. The van der Waals surface area contributed by atoms with E-state index in [1.54, 1.807) is 0 Å². The summed E-state index contributed by atoms with van der Waals surface area (Å²) in [5.41, 5.74) is 3.16. The first-order chi connectivity index (χ1) is 10.3. The molecule has 0 radical (unpaired) electrons. The molecule has 0 spiro atoms. The van der Waals surface area contributed by atoms with Crippen molar-refractivity contribution >= 4 is 5.78 Å². The van der Waals surface area contributed by atoms with Crippen molar-refractivity contribution in [2.75, 3.05) is 13.1 Å². The molecule has 1 fully saturated rings. The van der Waals surface area contributed by atoms with Crippen LogP contribution in [0.3, 0.4) is 0 Å². The molecule has 0 unspecified atom stereocenters. The zero-order chi connectivity index (χ0) is 14.7. The molecule has 1 aliphatic heterocycles. The fourth-order valence-corrected chi connectivity index (χ4v) is 3.11. The Kier molecular flexibility index (Phi) is 4.20. The summed E-state index contributed by atoms with van der Waals surface area (Å²) in [7, 11) is 0. The molecule has 1 saturated heterocycles. The molecule has 110 valence electrons. The van der Waals surface area contributed by atoms with Gasteiger partial charge in [-0.15, -0.1) is 0 Å². The van der Waals surface area contributed by atoms with E-state index in [0.29, 0.717) is 12.5 Å². The summed E-state index contributed by atoms with van der Waals surface area (Å²) in [6.07, 6.45) is 4.74. The third-order valence-corrected chi connectivity index (χ3v) is 4.38. The lowest BCUT2D eigenvalue weighted by atomic mass is 10.0. The molecule has 0 saturated carbocycles. The summed E-state index contributed by atoms with van der Waals surface area (Å²) < 4.78 is 2.18. The minimum absolute atomic E-state index is 0.216. The molecule has 3 nitrogen and oxygen atoms in total. The number of aromatic nitrogens is 1. The van der Waals surface area contributed by atoms with Crippen molar-refractivity contribution in [3.05, 3.63) is 59.4 Å². The number of hydrogen-bond acceptors (Lipinski definition) is 2. The highest BCUT2D eigenvalue weighted by Gasteiger charge is 2.20. The van der Waals surface area contributed by atoms with Gasteiger partial charge >= 0.3 is 0 Å². The molecule has 1 N–H and O–H groups in total. The van der Waals surface area contributed by atoms with Crippen molar-refractivity contribution in [1.82, 2.24) is 9.88 Å². The maximum atomic E-state index is 12.7. The fraction of sp³-hybridized carbons (Fsp3) is 0.389. The summed E-state index contributed by atoms with van der Waals surface area (Å²) >= 11 is 0. The summed E-state index contributed by atoms with van der Waals surface area (Å²) in [6, 6.07) is 12.5. The van der Waals surface area contributed by atoms with Gasteiger partial charge in [-0.05, 0) is 56.1 Å². The monoisotopic (exact) mass is 282 g/mol. The molecule has 0 bridgehead atoms. The number of aryl methyl sites for hydroxylation is 1. The Bertz CT molecular complexity index is 624. The summed E-state index contributed by atoms with van der Waals surface area (Å²) in [5.74, 6) is 0.216. The number of rotatable bonds is 4. The van der Waals surface area contributed by atoms with Gasteiger partial charge in [0, 0.05) is 18.7 Å². The van der Waals surface area contributed by atoms with Crippen molar-refractivity contribution in [1.29, 1.82) is 0 Å². The zero-order valence-corrected chi connectivity index (χ0v) is 12.5. The van der Waals surface area contributed by atoms with Crippen molar-refractivity contribution in [2.24, 2.45) is 0 Å². The highest BCUT2D eigenvalue weighted by Crippen LogP contribution is 2.22. The molecule has 3 rings (SSSR count). The van der Waals surface area contributed by atoms with E-state index in [1.807, 2.05) is 30.3 Å². The normalized spacial score (nSPS) is 16.0. The first-order valence-electron chi connectivity index (χ1n) is 7.71. The second kappa shape index (κ2) is 6.27. The predicted molar refractivity (Wildman–Crippen MR) is 84.8 cm³/mol. The van der Waals surface area contributed by atoms with E-state index < -0.39 is 0 Å². The Morgan fingerprint density at radius 3 is 2.71 bits per heavy atom. The average Bonchev–Trinajstić information content (AvgIpc) is 3.00. The average molecular weight is 282 g/mol. The van der Waals surface area contributed by atoms with Gasteiger partial charge in [-0.2, -0.15) is 0 Å². The highest BCUT2D eigenvalue weighted by atomic mass is 16.1. The van der Waals surface area contributed by atoms with Crippen molar-refractivity contribution < 1.29 is 4.79 Å². The SMILES string of the molecule is Cc1ccccc1CC(=O)c1cccn1C1CCNCC1. The number of nitrogens with one attached hydrogen (secondary N) is 1.